The number of carbonyl (C=O) groups excluding carboxylic acids is 1. The van der Waals surface area contributed by atoms with Gasteiger partial charge in [-0.1, -0.05) is 12.1 Å². The predicted octanol–water partition coefficient (Wildman–Crippen LogP) is 3.22. The summed E-state index contributed by atoms with van der Waals surface area (Å²) in [6.45, 7) is 8.06. The second-order valence-electron chi connectivity index (χ2n) is 7.02. The molecule has 1 aliphatic rings. The molecular formula is C22H29N3O3. The summed E-state index contributed by atoms with van der Waals surface area (Å²) >= 11 is 0. The highest BCUT2D eigenvalue weighted by Crippen LogP contribution is 2.21. The normalized spacial score (nSPS) is 14.0. The van der Waals surface area contributed by atoms with E-state index < -0.39 is 0 Å². The lowest BCUT2D eigenvalue weighted by molar-refractivity contribution is 0.191. The molecule has 0 radical (unpaired) electrons. The average Bonchev–Trinajstić information content (AvgIpc) is 2.73. The Kier molecular flexibility index (Phi) is 6.63. The van der Waals surface area contributed by atoms with Crippen LogP contribution in [0, 0.1) is 13.8 Å². The van der Waals surface area contributed by atoms with E-state index in [-0.39, 0.29) is 6.03 Å². The van der Waals surface area contributed by atoms with Crippen LogP contribution in [0.15, 0.2) is 42.5 Å². The number of methoxy groups -OCH3 is 1. The summed E-state index contributed by atoms with van der Waals surface area (Å²) in [7, 11) is 1.67. The number of anilines is 1. The molecule has 0 atom stereocenters. The maximum absolute atomic E-state index is 12.4. The van der Waals surface area contributed by atoms with E-state index in [0.717, 1.165) is 35.8 Å². The molecule has 3 rings (SSSR count). The van der Waals surface area contributed by atoms with Crippen LogP contribution in [0.5, 0.6) is 11.5 Å². The summed E-state index contributed by atoms with van der Waals surface area (Å²) in [4.78, 5) is 16.5. The smallest absolute Gasteiger partial charge is 0.317 e. The van der Waals surface area contributed by atoms with Crippen molar-refractivity contribution < 1.29 is 14.3 Å². The number of urea groups is 1. The van der Waals surface area contributed by atoms with Crippen molar-refractivity contribution in [2.24, 2.45) is 0 Å². The van der Waals surface area contributed by atoms with Gasteiger partial charge in [0, 0.05) is 31.9 Å². The first kappa shape index (κ1) is 19.9. The van der Waals surface area contributed by atoms with E-state index in [2.05, 4.69) is 28.4 Å². The van der Waals surface area contributed by atoms with Crippen LogP contribution in [0.25, 0.3) is 0 Å². The Morgan fingerprint density at radius 3 is 2.43 bits per heavy atom. The van der Waals surface area contributed by atoms with Gasteiger partial charge in [-0.15, -0.1) is 0 Å². The molecule has 0 aliphatic carbocycles. The van der Waals surface area contributed by atoms with Gasteiger partial charge in [0.25, 0.3) is 0 Å². The minimum Gasteiger partial charge on any atom is -0.497 e. The summed E-state index contributed by atoms with van der Waals surface area (Å²) in [6, 6.07) is 14.1. The number of amides is 2. The highest BCUT2D eigenvalue weighted by atomic mass is 16.5. The van der Waals surface area contributed by atoms with E-state index in [1.54, 1.807) is 7.11 Å². The van der Waals surface area contributed by atoms with Gasteiger partial charge in [0.2, 0.25) is 0 Å². The third-order valence-corrected chi connectivity index (χ3v) is 4.98. The number of benzene rings is 2. The Balaban J connectivity index is 1.39. The number of hydrogen-bond acceptors (Lipinski definition) is 4. The molecule has 0 aromatic heterocycles. The Hall–Kier alpha value is -2.89. The van der Waals surface area contributed by atoms with Crippen molar-refractivity contribution in [2.75, 3.05) is 51.3 Å². The van der Waals surface area contributed by atoms with Crippen LogP contribution < -0.4 is 19.7 Å². The van der Waals surface area contributed by atoms with E-state index in [0.29, 0.717) is 26.2 Å². The molecule has 28 heavy (non-hydrogen) atoms. The Morgan fingerprint density at radius 2 is 1.75 bits per heavy atom. The number of nitrogens with one attached hydrogen (secondary N) is 1. The van der Waals surface area contributed by atoms with Gasteiger partial charge >= 0.3 is 6.03 Å². The molecule has 0 unspecified atom stereocenters. The molecule has 1 fully saturated rings. The fraction of sp³-hybridized carbons (Fsp3) is 0.409. The van der Waals surface area contributed by atoms with Crippen molar-refractivity contribution in [3.8, 4) is 11.5 Å². The first-order valence-electron chi connectivity index (χ1n) is 9.68. The van der Waals surface area contributed by atoms with Crippen molar-refractivity contribution in [1.29, 1.82) is 0 Å². The van der Waals surface area contributed by atoms with Crippen LogP contribution in [0.1, 0.15) is 11.1 Å². The molecule has 0 bridgehead atoms. The maximum Gasteiger partial charge on any atom is 0.317 e. The number of hydrogen-bond donors (Lipinski definition) is 1. The van der Waals surface area contributed by atoms with Crippen LogP contribution in [0.2, 0.25) is 0 Å². The third kappa shape index (κ3) is 5.09. The number of piperazine rings is 1. The molecule has 2 aromatic carbocycles. The molecule has 2 aromatic rings. The molecule has 1 aliphatic heterocycles. The van der Waals surface area contributed by atoms with Crippen molar-refractivity contribution in [1.82, 2.24) is 10.2 Å². The van der Waals surface area contributed by atoms with E-state index in [1.165, 1.54) is 5.56 Å². The van der Waals surface area contributed by atoms with E-state index in [1.807, 2.05) is 43.0 Å². The zero-order chi connectivity index (χ0) is 19.9. The lowest BCUT2D eigenvalue weighted by Crippen LogP contribution is -2.52. The molecule has 1 N–H and O–H groups in total. The summed E-state index contributed by atoms with van der Waals surface area (Å²) in [5.41, 5.74) is 3.42. The monoisotopic (exact) mass is 383 g/mol. The zero-order valence-corrected chi connectivity index (χ0v) is 16.9. The zero-order valence-electron chi connectivity index (χ0n) is 16.9. The fourth-order valence-electron chi connectivity index (χ4n) is 3.25. The lowest BCUT2D eigenvalue weighted by Gasteiger charge is -2.36. The molecule has 2 amide bonds. The minimum absolute atomic E-state index is 0.0288. The molecule has 1 saturated heterocycles. The SMILES string of the molecule is COc1ccc(N2CCN(C(=O)NCCOc3cc(C)ccc3C)CC2)cc1. The highest BCUT2D eigenvalue weighted by molar-refractivity contribution is 5.74. The van der Waals surface area contributed by atoms with Crippen LogP contribution in [0.3, 0.4) is 0 Å². The third-order valence-electron chi connectivity index (χ3n) is 4.98. The molecule has 1 heterocycles. The number of nitrogens with zero attached hydrogens (tertiary/aromatic N) is 2. The number of rotatable bonds is 6. The Labute approximate surface area is 167 Å². The van der Waals surface area contributed by atoms with Crippen LogP contribution in [-0.4, -0.2) is 57.4 Å². The molecule has 0 spiro atoms. The van der Waals surface area contributed by atoms with Gasteiger partial charge in [-0.3, -0.25) is 0 Å². The summed E-state index contributed by atoms with van der Waals surface area (Å²) in [6.07, 6.45) is 0. The van der Waals surface area contributed by atoms with Gasteiger partial charge in [-0.05, 0) is 55.3 Å². The van der Waals surface area contributed by atoms with Gasteiger partial charge < -0.3 is 24.6 Å². The van der Waals surface area contributed by atoms with Crippen LogP contribution in [0.4, 0.5) is 10.5 Å². The Bertz CT molecular complexity index is 784. The molecular weight excluding hydrogens is 354 g/mol. The number of aryl methyl sites for hydroxylation is 2. The van der Waals surface area contributed by atoms with Gasteiger partial charge in [-0.25, -0.2) is 4.79 Å². The summed E-state index contributed by atoms with van der Waals surface area (Å²) < 4.78 is 11.0. The second kappa shape index (κ2) is 9.35. The number of ether oxygens (including phenoxy) is 2. The fourth-order valence-corrected chi connectivity index (χ4v) is 3.25. The minimum atomic E-state index is -0.0288. The Morgan fingerprint density at radius 1 is 1.04 bits per heavy atom. The quantitative estimate of drug-likeness (QED) is 0.778. The number of carbonyl (C=O) groups is 1. The second-order valence-corrected chi connectivity index (χ2v) is 7.02. The average molecular weight is 383 g/mol. The largest absolute Gasteiger partial charge is 0.497 e. The van der Waals surface area contributed by atoms with Crippen LogP contribution >= 0.6 is 0 Å². The lowest BCUT2D eigenvalue weighted by atomic mass is 10.1. The predicted molar refractivity (Wildman–Crippen MR) is 112 cm³/mol. The molecule has 150 valence electrons. The van der Waals surface area contributed by atoms with E-state index >= 15 is 0 Å². The first-order chi connectivity index (χ1) is 13.6. The standard InChI is InChI=1S/C22H29N3O3/c1-17-4-5-18(2)21(16-17)28-15-10-23-22(26)25-13-11-24(12-14-25)19-6-8-20(27-3)9-7-19/h4-9,16H,10-15H2,1-3H3,(H,23,26). The first-order valence-corrected chi connectivity index (χ1v) is 9.68. The van der Waals surface area contributed by atoms with E-state index in [4.69, 9.17) is 9.47 Å². The van der Waals surface area contributed by atoms with Gasteiger partial charge in [0.1, 0.15) is 18.1 Å². The molecule has 6 nitrogen and oxygen atoms in total. The molecule has 6 heteroatoms. The van der Waals surface area contributed by atoms with Gasteiger partial charge in [0.15, 0.2) is 0 Å². The van der Waals surface area contributed by atoms with Crippen molar-refractivity contribution in [2.45, 2.75) is 13.8 Å². The topological polar surface area (TPSA) is 54.0 Å². The van der Waals surface area contributed by atoms with E-state index in [9.17, 15) is 4.79 Å². The maximum atomic E-state index is 12.4. The van der Waals surface area contributed by atoms with Crippen LogP contribution in [-0.2, 0) is 0 Å². The van der Waals surface area contributed by atoms with Crippen molar-refractivity contribution in [3.05, 3.63) is 53.6 Å². The summed E-state index contributed by atoms with van der Waals surface area (Å²) in [5.74, 6) is 1.73. The molecule has 0 saturated carbocycles. The summed E-state index contributed by atoms with van der Waals surface area (Å²) in [5, 5.41) is 2.95. The van der Waals surface area contributed by atoms with Crippen molar-refractivity contribution >= 4 is 11.7 Å². The van der Waals surface area contributed by atoms with Gasteiger partial charge in [0.05, 0.1) is 13.7 Å². The highest BCUT2D eigenvalue weighted by Gasteiger charge is 2.21. The van der Waals surface area contributed by atoms with Crippen molar-refractivity contribution in [3.63, 3.8) is 0 Å². The van der Waals surface area contributed by atoms with Gasteiger partial charge in [-0.2, -0.15) is 0 Å².